The van der Waals surface area contributed by atoms with Crippen molar-refractivity contribution < 1.29 is 4.79 Å². The summed E-state index contributed by atoms with van der Waals surface area (Å²) in [5.74, 6) is 0.142. The number of hydrogen-bond acceptors (Lipinski definition) is 3. The lowest BCUT2D eigenvalue weighted by molar-refractivity contribution is -0.123. The fourth-order valence-corrected chi connectivity index (χ4v) is 2.81. The number of anilines is 1. The molecule has 1 saturated heterocycles. The van der Waals surface area contributed by atoms with Gasteiger partial charge in [-0.3, -0.25) is 4.79 Å². The number of nitrogens with zero attached hydrogens (tertiary/aromatic N) is 1. The zero-order chi connectivity index (χ0) is 14.5. The highest BCUT2D eigenvalue weighted by Gasteiger charge is 2.28. The quantitative estimate of drug-likeness (QED) is 0.864. The second kappa shape index (κ2) is 6.75. The Morgan fingerprint density at radius 1 is 1.35 bits per heavy atom. The molecule has 0 spiro atoms. The van der Waals surface area contributed by atoms with E-state index in [1.165, 1.54) is 5.56 Å². The number of hydrogen-bond donors (Lipinski definition) is 2. The SMILES string of the molecule is CCNC(C)c1ccc(N2CCNC(=O)C2CC)cc1. The van der Waals surface area contributed by atoms with Gasteiger partial charge in [-0.15, -0.1) is 0 Å². The van der Waals surface area contributed by atoms with Crippen molar-refractivity contribution in [1.82, 2.24) is 10.6 Å². The first-order valence-corrected chi connectivity index (χ1v) is 7.55. The van der Waals surface area contributed by atoms with Crippen LogP contribution in [-0.4, -0.2) is 31.6 Å². The normalized spacial score (nSPS) is 20.6. The molecule has 20 heavy (non-hydrogen) atoms. The van der Waals surface area contributed by atoms with Gasteiger partial charge in [0, 0.05) is 24.8 Å². The van der Waals surface area contributed by atoms with E-state index in [0.29, 0.717) is 6.04 Å². The van der Waals surface area contributed by atoms with Gasteiger partial charge >= 0.3 is 0 Å². The molecule has 0 radical (unpaired) electrons. The van der Waals surface area contributed by atoms with Crippen LogP contribution in [0.15, 0.2) is 24.3 Å². The minimum atomic E-state index is -0.0409. The molecule has 0 aliphatic carbocycles. The summed E-state index contributed by atoms with van der Waals surface area (Å²) in [6.07, 6.45) is 0.835. The predicted molar refractivity (Wildman–Crippen MR) is 83.0 cm³/mol. The summed E-state index contributed by atoms with van der Waals surface area (Å²) in [6, 6.07) is 8.89. The first kappa shape index (κ1) is 14.9. The maximum atomic E-state index is 11.9. The second-order valence-electron chi connectivity index (χ2n) is 5.28. The largest absolute Gasteiger partial charge is 0.358 e. The highest BCUT2D eigenvalue weighted by Crippen LogP contribution is 2.23. The maximum Gasteiger partial charge on any atom is 0.242 e. The molecule has 2 rings (SSSR count). The van der Waals surface area contributed by atoms with Crippen molar-refractivity contribution >= 4 is 11.6 Å². The van der Waals surface area contributed by atoms with Gasteiger partial charge in [-0.05, 0) is 37.6 Å². The van der Waals surface area contributed by atoms with Gasteiger partial charge in [0.1, 0.15) is 6.04 Å². The Hall–Kier alpha value is -1.55. The summed E-state index contributed by atoms with van der Waals surface area (Å²) in [4.78, 5) is 14.1. The number of nitrogens with one attached hydrogen (secondary N) is 2. The molecule has 1 aromatic rings. The summed E-state index contributed by atoms with van der Waals surface area (Å²) < 4.78 is 0. The standard InChI is InChI=1S/C16H25N3O/c1-4-15-16(20)18-10-11-19(15)14-8-6-13(7-9-14)12(3)17-5-2/h6-9,12,15,17H,4-5,10-11H2,1-3H3,(H,18,20). The second-order valence-corrected chi connectivity index (χ2v) is 5.28. The molecule has 1 aliphatic rings. The van der Waals surface area contributed by atoms with Gasteiger partial charge in [0.2, 0.25) is 5.91 Å². The molecule has 2 N–H and O–H groups in total. The number of carbonyl (C=O) groups is 1. The average Bonchev–Trinajstić information content (AvgIpc) is 2.47. The highest BCUT2D eigenvalue weighted by atomic mass is 16.2. The van der Waals surface area contributed by atoms with E-state index in [2.05, 4.69) is 60.6 Å². The van der Waals surface area contributed by atoms with Crippen LogP contribution in [0.25, 0.3) is 0 Å². The van der Waals surface area contributed by atoms with Crippen molar-refractivity contribution in [2.45, 2.75) is 39.3 Å². The van der Waals surface area contributed by atoms with Crippen molar-refractivity contribution in [2.75, 3.05) is 24.5 Å². The monoisotopic (exact) mass is 275 g/mol. The molecule has 1 heterocycles. The Balaban J connectivity index is 2.14. The topological polar surface area (TPSA) is 44.4 Å². The van der Waals surface area contributed by atoms with E-state index in [9.17, 15) is 4.79 Å². The van der Waals surface area contributed by atoms with Crippen LogP contribution in [0.3, 0.4) is 0 Å². The molecule has 4 nitrogen and oxygen atoms in total. The Morgan fingerprint density at radius 2 is 2.05 bits per heavy atom. The van der Waals surface area contributed by atoms with Crippen LogP contribution >= 0.6 is 0 Å². The number of benzene rings is 1. The molecule has 2 atom stereocenters. The Kier molecular flexibility index (Phi) is 5.01. The van der Waals surface area contributed by atoms with E-state index in [-0.39, 0.29) is 11.9 Å². The van der Waals surface area contributed by atoms with Gasteiger partial charge in [0.15, 0.2) is 0 Å². The molecule has 1 aliphatic heterocycles. The summed E-state index contributed by atoms with van der Waals surface area (Å²) in [5, 5.41) is 6.35. The van der Waals surface area contributed by atoms with Crippen molar-refractivity contribution in [3.05, 3.63) is 29.8 Å². The Morgan fingerprint density at radius 3 is 2.65 bits per heavy atom. The first-order chi connectivity index (χ1) is 9.67. The van der Waals surface area contributed by atoms with Crippen LogP contribution in [0.4, 0.5) is 5.69 Å². The first-order valence-electron chi connectivity index (χ1n) is 7.55. The summed E-state index contributed by atoms with van der Waals surface area (Å²) in [5.41, 5.74) is 2.42. The molecule has 1 amide bonds. The Labute approximate surface area is 121 Å². The van der Waals surface area contributed by atoms with Gasteiger partial charge < -0.3 is 15.5 Å². The van der Waals surface area contributed by atoms with E-state index in [0.717, 1.165) is 31.7 Å². The third-order valence-electron chi connectivity index (χ3n) is 3.95. The van der Waals surface area contributed by atoms with Crippen LogP contribution in [0.2, 0.25) is 0 Å². The van der Waals surface area contributed by atoms with Crippen LogP contribution in [0, 0.1) is 0 Å². The van der Waals surface area contributed by atoms with Crippen LogP contribution < -0.4 is 15.5 Å². The highest BCUT2D eigenvalue weighted by molar-refractivity contribution is 5.86. The van der Waals surface area contributed by atoms with Crippen molar-refractivity contribution in [3.8, 4) is 0 Å². The van der Waals surface area contributed by atoms with E-state index >= 15 is 0 Å². The van der Waals surface area contributed by atoms with E-state index in [4.69, 9.17) is 0 Å². The lowest BCUT2D eigenvalue weighted by Crippen LogP contribution is -2.55. The van der Waals surface area contributed by atoms with E-state index in [1.54, 1.807) is 0 Å². The predicted octanol–water partition coefficient (Wildman–Crippen LogP) is 2.07. The average molecular weight is 275 g/mol. The van der Waals surface area contributed by atoms with Crippen LogP contribution in [0.5, 0.6) is 0 Å². The van der Waals surface area contributed by atoms with Crippen LogP contribution in [0.1, 0.15) is 38.8 Å². The fourth-order valence-electron chi connectivity index (χ4n) is 2.81. The summed E-state index contributed by atoms with van der Waals surface area (Å²) in [7, 11) is 0. The molecule has 0 aromatic heterocycles. The smallest absolute Gasteiger partial charge is 0.242 e. The molecule has 0 saturated carbocycles. The van der Waals surface area contributed by atoms with Gasteiger partial charge in [0.05, 0.1) is 0 Å². The fraction of sp³-hybridized carbons (Fsp3) is 0.562. The lowest BCUT2D eigenvalue weighted by Gasteiger charge is -2.36. The summed E-state index contributed by atoms with van der Waals surface area (Å²) in [6.45, 7) is 8.92. The van der Waals surface area contributed by atoms with Gasteiger partial charge in [-0.1, -0.05) is 26.0 Å². The number of amides is 1. The molecule has 0 bridgehead atoms. The van der Waals surface area contributed by atoms with Crippen molar-refractivity contribution in [3.63, 3.8) is 0 Å². The number of carbonyl (C=O) groups excluding carboxylic acids is 1. The molecular formula is C16H25N3O. The minimum Gasteiger partial charge on any atom is -0.358 e. The maximum absolute atomic E-state index is 11.9. The third-order valence-corrected chi connectivity index (χ3v) is 3.95. The van der Waals surface area contributed by atoms with Gasteiger partial charge in [-0.2, -0.15) is 0 Å². The molecular weight excluding hydrogens is 250 g/mol. The molecule has 4 heteroatoms. The zero-order valence-corrected chi connectivity index (χ0v) is 12.6. The minimum absolute atomic E-state index is 0.0409. The lowest BCUT2D eigenvalue weighted by atomic mass is 10.1. The Bertz CT molecular complexity index is 444. The molecule has 110 valence electrons. The number of rotatable bonds is 5. The van der Waals surface area contributed by atoms with Crippen LogP contribution in [-0.2, 0) is 4.79 Å². The van der Waals surface area contributed by atoms with Gasteiger partial charge in [0.25, 0.3) is 0 Å². The zero-order valence-electron chi connectivity index (χ0n) is 12.6. The van der Waals surface area contributed by atoms with Gasteiger partial charge in [-0.25, -0.2) is 0 Å². The number of piperazine rings is 1. The third kappa shape index (κ3) is 3.12. The van der Waals surface area contributed by atoms with Crippen molar-refractivity contribution in [2.24, 2.45) is 0 Å². The molecule has 1 aromatic carbocycles. The van der Waals surface area contributed by atoms with E-state index < -0.39 is 0 Å². The molecule has 2 unspecified atom stereocenters. The molecule has 1 fully saturated rings. The van der Waals surface area contributed by atoms with E-state index in [1.807, 2.05) is 0 Å². The van der Waals surface area contributed by atoms with Crippen molar-refractivity contribution in [1.29, 1.82) is 0 Å². The summed E-state index contributed by atoms with van der Waals surface area (Å²) >= 11 is 0.